The summed E-state index contributed by atoms with van der Waals surface area (Å²) in [5.41, 5.74) is 1.52. The fraction of sp³-hybridized carbons (Fsp3) is 1.00. The smallest absolute Gasteiger partial charge is 0.0153 e. The Labute approximate surface area is 171 Å². The van der Waals surface area contributed by atoms with Crippen LogP contribution in [0.3, 0.4) is 0 Å². The van der Waals surface area contributed by atoms with Crippen LogP contribution in [0.2, 0.25) is 0 Å². The zero-order chi connectivity index (χ0) is 20.7. The molecule has 1 unspecified atom stereocenters. The molecule has 0 aliphatic carbocycles. The van der Waals surface area contributed by atoms with Crippen LogP contribution in [0.1, 0.15) is 101 Å². The lowest BCUT2D eigenvalue weighted by molar-refractivity contribution is 0.0198. The predicted molar refractivity (Wildman–Crippen MR) is 120 cm³/mol. The van der Waals surface area contributed by atoms with E-state index in [1.165, 1.54) is 58.3 Å². The zero-order valence-electron chi connectivity index (χ0n) is 20.4. The number of hydrogen-bond acceptors (Lipinski definition) is 2. The average Bonchev–Trinajstić information content (AvgIpc) is 3.04. The maximum atomic E-state index is 2.79. The monoisotopic (exact) mass is 378 g/mol. The highest BCUT2D eigenvalue weighted by molar-refractivity contribution is 4.94. The van der Waals surface area contributed by atoms with E-state index in [1.807, 2.05) is 0 Å². The molecule has 0 N–H and O–H groups in total. The van der Waals surface area contributed by atoms with Crippen molar-refractivity contribution >= 4 is 0 Å². The maximum absolute atomic E-state index is 2.79. The SMILES string of the molecule is CC(C)(CCC(C)(C)N1CC[C@H](C(C)(C)C)C1)C1CCCN(C(C)(C)C)C1. The van der Waals surface area contributed by atoms with E-state index in [0.29, 0.717) is 21.9 Å². The predicted octanol–water partition coefficient (Wildman–Crippen LogP) is 6.45. The summed E-state index contributed by atoms with van der Waals surface area (Å²) in [6, 6.07) is 0. The van der Waals surface area contributed by atoms with Crippen molar-refractivity contribution in [1.29, 1.82) is 0 Å². The second kappa shape index (κ2) is 7.98. The Morgan fingerprint density at radius 1 is 0.667 bits per heavy atom. The minimum Gasteiger partial charge on any atom is -0.298 e. The van der Waals surface area contributed by atoms with Gasteiger partial charge in [-0.1, -0.05) is 34.6 Å². The van der Waals surface area contributed by atoms with Crippen LogP contribution in [0.4, 0.5) is 0 Å². The molecule has 0 aromatic rings. The van der Waals surface area contributed by atoms with E-state index in [1.54, 1.807) is 0 Å². The number of likely N-dealkylation sites (tertiary alicyclic amines) is 2. The summed E-state index contributed by atoms with van der Waals surface area (Å²) in [7, 11) is 0. The van der Waals surface area contributed by atoms with E-state index in [4.69, 9.17) is 0 Å². The topological polar surface area (TPSA) is 6.48 Å². The fourth-order valence-corrected chi connectivity index (χ4v) is 5.23. The lowest BCUT2D eigenvalue weighted by atomic mass is 9.70. The fourth-order valence-electron chi connectivity index (χ4n) is 5.23. The minimum atomic E-state index is 0.311. The molecule has 2 atom stereocenters. The quantitative estimate of drug-likeness (QED) is 0.542. The largest absolute Gasteiger partial charge is 0.298 e. The van der Waals surface area contributed by atoms with Gasteiger partial charge in [-0.2, -0.15) is 0 Å². The van der Waals surface area contributed by atoms with Crippen LogP contribution < -0.4 is 0 Å². The summed E-state index contributed by atoms with van der Waals surface area (Å²) in [6.07, 6.45) is 6.83. The van der Waals surface area contributed by atoms with Crippen molar-refractivity contribution in [2.75, 3.05) is 26.2 Å². The molecule has 2 rings (SSSR count). The molecule has 0 amide bonds. The number of nitrogens with zero attached hydrogens (tertiary/aromatic N) is 2. The Kier molecular flexibility index (Phi) is 6.85. The highest BCUT2D eigenvalue weighted by Crippen LogP contribution is 2.43. The van der Waals surface area contributed by atoms with Crippen molar-refractivity contribution in [3.63, 3.8) is 0 Å². The zero-order valence-corrected chi connectivity index (χ0v) is 20.4. The van der Waals surface area contributed by atoms with E-state index in [-0.39, 0.29) is 0 Å². The van der Waals surface area contributed by atoms with E-state index in [2.05, 4.69) is 79.0 Å². The van der Waals surface area contributed by atoms with Crippen LogP contribution in [0, 0.1) is 22.7 Å². The van der Waals surface area contributed by atoms with Gasteiger partial charge in [0.1, 0.15) is 0 Å². The first kappa shape index (κ1) is 23.2. The molecule has 27 heavy (non-hydrogen) atoms. The molecule has 0 radical (unpaired) electrons. The van der Waals surface area contributed by atoms with Crippen LogP contribution in [0.15, 0.2) is 0 Å². The first-order valence-corrected chi connectivity index (χ1v) is 11.6. The number of piperidine rings is 1. The number of hydrogen-bond donors (Lipinski definition) is 0. The summed E-state index contributed by atoms with van der Waals surface area (Å²) in [5, 5.41) is 0. The van der Waals surface area contributed by atoms with Crippen molar-refractivity contribution in [3.05, 3.63) is 0 Å². The Morgan fingerprint density at radius 3 is 1.78 bits per heavy atom. The molecule has 160 valence electrons. The van der Waals surface area contributed by atoms with Gasteiger partial charge in [0.2, 0.25) is 0 Å². The van der Waals surface area contributed by atoms with E-state index >= 15 is 0 Å². The summed E-state index contributed by atoms with van der Waals surface area (Å²) < 4.78 is 0. The highest BCUT2D eigenvalue weighted by atomic mass is 15.2. The second-order valence-electron chi connectivity index (χ2n) is 13.1. The molecule has 0 bridgehead atoms. The van der Waals surface area contributed by atoms with Crippen LogP contribution in [-0.2, 0) is 0 Å². The van der Waals surface area contributed by atoms with Crippen LogP contribution in [-0.4, -0.2) is 47.1 Å². The van der Waals surface area contributed by atoms with Gasteiger partial charge in [-0.15, -0.1) is 0 Å². The first-order valence-electron chi connectivity index (χ1n) is 11.6. The lowest BCUT2D eigenvalue weighted by Crippen LogP contribution is -2.50. The summed E-state index contributed by atoms with van der Waals surface area (Å²) in [4.78, 5) is 5.52. The maximum Gasteiger partial charge on any atom is 0.0153 e. The molecular formula is C25H50N2. The molecule has 2 heteroatoms. The van der Waals surface area contributed by atoms with E-state index in [9.17, 15) is 0 Å². The third kappa shape index (κ3) is 5.95. The van der Waals surface area contributed by atoms with Gasteiger partial charge in [0, 0.05) is 24.2 Å². The van der Waals surface area contributed by atoms with Gasteiger partial charge in [0.25, 0.3) is 0 Å². The van der Waals surface area contributed by atoms with Crippen LogP contribution in [0.5, 0.6) is 0 Å². The van der Waals surface area contributed by atoms with Gasteiger partial charge in [-0.25, -0.2) is 0 Å². The van der Waals surface area contributed by atoms with Gasteiger partial charge in [0.05, 0.1) is 0 Å². The van der Waals surface area contributed by atoms with Crippen molar-refractivity contribution in [2.45, 2.75) is 112 Å². The van der Waals surface area contributed by atoms with Gasteiger partial charge < -0.3 is 0 Å². The minimum absolute atomic E-state index is 0.311. The third-order valence-electron chi connectivity index (χ3n) is 8.13. The van der Waals surface area contributed by atoms with E-state index < -0.39 is 0 Å². The molecule has 0 aromatic heterocycles. The molecule has 2 saturated heterocycles. The molecule has 2 nitrogen and oxygen atoms in total. The summed E-state index contributed by atoms with van der Waals surface area (Å²) >= 11 is 0. The molecule has 2 heterocycles. The standard InChI is InChI=1S/C25H50N2/c1-22(2,3)20-13-17-27(18-20)25(9,10)15-14-24(7,8)21-12-11-16-26(19-21)23(4,5)6/h20-21H,11-19H2,1-10H3/t20-,21?/m0/s1. The molecule has 0 saturated carbocycles. The molecule has 2 aliphatic heterocycles. The van der Waals surface area contributed by atoms with Crippen molar-refractivity contribution in [3.8, 4) is 0 Å². The normalized spacial score (nSPS) is 27.3. The van der Waals surface area contributed by atoms with Gasteiger partial charge in [0.15, 0.2) is 0 Å². The molecule has 0 spiro atoms. The first-order chi connectivity index (χ1) is 12.1. The van der Waals surface area contributed by atoms with Gasteiger partial charge in [-0.3, -0.25) is 9.80 Å². The van der Waals surface area contributed by atoms with Crippen molar-refractivity contribution in [2.24, 2.45) is 22.7 Å². The Balaban J connectivity index is 1.93. The van der Waals surface area contributed by atoms with E-state index in [0.717, 1.165) is 11.8 Å². The molecule has 2 aliphatic rings. The summed E-state index contributed by atoms with van der Waals surface area (Å²) in [5.74, 6) is 1.69. The molecule has 2 fully saturated rings. The Morgan fingerprint density at radius 2 is 1.26 bits per heavy atom. The Hall–Kier alpha value is -0.0800. The number of rotatable bonds is 5. The second-order valence-corrected chi connectivity index (χ2v) is 13.1. The molecular weight excluding hydrogens is 328 g/mol. The van der Waals surface area contributed by atoms with Gasteiger partial charge >= 0.3 is 0 Å². The summed E-state index contributed by atoms with van der Waals surface area (Å²) in [6.45, 7) is 29.6. The lowest BCUT2D eigenvalue weighted by Gasteiger charge is -2.47. The van der Waals surface area contributed by atoms with Crippen molar-refractivity contribution in [1.82, 2.24) is 9.80 Å². The highest BCUT2D eigenvalue weighted by Gasteiger charge is 2.40. The van der Waals surface area contributed by atoms with Crippen molar-refractivity contribution < 1.29 is 0 Å². The van der Waals surface area contributed by atoms with Gasteiger partial charge in [-0.05, 0) is 102 Å². The molecule has 0 aromatic carbocycles. The Bertz CT molecular complexity index is 478. The third-order valence-corrected chi connectivity index (χ3v) is 8.13. The van der Waals surface area contributed by atoms with Crippen LogP contribution >= 0.6 is 0 Å². The average molecular weight is 379 g/mol. The van der Waals surface area contributed by atoms with Crippen LogP contribution in [0.25, 0.3) is 0 Å².